The molecule has 0 saturated carbocycles. The van der Waals surface area contributed by atoms with Gasteiger partial charge in [0.05, 0.1) is 0 Å². The number of rotatable bonds is 6. The zero-order valence-corrected chi connectivity index (χ0v) is 14.6. The average molecular weight is 328 g/mol. The fourth-order valence-electron chi connectivity index (χ4n) is 1.92. The largest absolute Gasteiger partial charge is 0.368 e. The van der Waals surface area contributed by atoms with Crippen LogP contribution in [0.5, 0.6) is 0 Å². The minimum Gasteiger partial charge on any atom is -0.368 e. The molecule has 7 nitrogen and oxygen atoms in total. The summed E-state index contributed by atoms with van der Waals surface area (Å²) in [5.74, 6) is 2.77. The van der Waals surface area contributed by atoms with E-state index in [1.165, 1.54) is 0 Å². The second kappa shape index (κ2) is 7.72. The average Bonchev–Trinajstić information content (AvgIpc) is 2.51. The maximum atomic E-state index is 11.8. The SMILES string of the molecule is Cc1nc(NCCNC(=O)C(C)(C)C)cc(Nc2ccccn2)n1. The molecule has 0 aliphatic rings. The number of anilines is 3. The van der Waals surface area contributed by atoms with Crippen LogP contribution in [-0.2, 0) is 4.79 Å². The van der Waals surface area contributed by atoms with Crippen LogP contribution in [0.15, 0.2) is 30.5 Å². The summed E-state index contributed by atoms with van der Waals surface area (Å²) < 4.78 is 0. The molecule has 2 aromatic rings. The number of nitrogens with zero attached hydrogens (tertiary/aromatic N) is 3. The molecular weight excluding hydrogens is 304 g/mol. The Morgan fingerprint density at radius 3 is 2.50 bits per heavy atom. The molecule has 0 atom stereocenters. The summed E-state index contributed by atoms with van der Waals surface area (Å²) in [6.07, 6.45) is 1.72. The molecular formula is C17H24N6O. The third kappa shape index (κ3) is 5.49. The summed E-state index contributed by atoms with van der Waals surface area (Å²) in [6, 6.07) is 7.44. The summed E-state index contributed by atoms with van der Waals surface area (Å²) in [5.41, 5.74) is -0.384. The van der Waals surface area contributed by atoms with Gasteiger partial charge < -0.3 is 16.0 Å². The molecule has 2 heterocycles. The molecule has 2 rings (SSSR count). The van der Waals surface area contributed by atoms with E-state index < -0.39 is 0 Å². The van der Waals surface area contributed by atoms with Crippen molar-refractivity contribution in [2.45, 2.75) is 27.7 Å². The third-order valence-corrected chi connectivity index (χ3v) is 3.16. The smallest absolute Gasteiger partial charge is 0.225 e. The quantitative estimate of drug-likeness (QED) is 0.706. The highest BCUT2D eigenvalue weighted by molar-refractivity contribution is 5.81. The maximum Gasteiger partial charge on any atom is 0.225 e. The van der Waals surface area contributed by atoms with Gasteiger partial charge in [0.15, 0.2) is 0 Å². The van der Waals surface area contributed by atoms with E-state index in [1.807, 2.05) is 52.0 Å². The fraction of sp³-hybridized carbons (Fsp3) is 0.412. The summed E-state index contributed by atoms with van der Waals surface area (Å²) >= 11 is 0. The molecule has 0 spiro atoms. The van der Waals surface area contributed by atoms with Gasteiger partial charge in [-0.1, -0.05) is 26.8 Å². The summed E-state index contributed by atoms with van der Waals surface area (Å²) in [4.78, 5) is 24.7. The predicted molar refractivity (Wildman–Crippen MR) is 95.2 cm³/mol. The van der Waals surface area contributed by atoms with Crippen molar-refractivity contribution >= 4 is 23.4 Å². The summed E-state index contributed by atoms with van der Waals surface area (Å²) in [6.45, 7) is 8.61. The highest BCUT2D eigenvalue weighted by Gasteiger charge is 2.20. The number of pyridine rings is 1. The lowest BCUT2D eigenvalue weighted by Crippen LogP contribution is -2.37. The van der Waals surface area contributed by atoms with Gasteiger partial charge in [-0.05, 0) is 19.1 Å². The molecule has 0 radical (unpaired) electrons. The first-order valence-corrected chi connectivity index (χ1v) is 7.90. The number of hydrogen-bond donors (Lipinski definition) is 3. The van der Waals surface area contributed by atoms with Crippen LogP contribution in [0.2, 0.25) is 0 Å². The van der Waals surface area contributed by atoms with Crippen molar-refractivity contribution in [2.75, 3.05) is 23.7 Å². The van der Waals surface area contributed by atoms with E-state index >= 15 is 0 Å². The minimum atomic E-state index is -0.384. The first-order valence-electron chi connectivity index (χ1n) is 7.90. The van der Waals surface area contributed by atoms with E-state index in [1.54, 1.807) is 6.20 Å². The lowest BCUT2D eigenvalue weighted by atomic mass is 9.96. The first kappa shape index (κ1) is 17.7. The van der Waals surface area contributed by atoms with Gasteiger partial charge in [-0.25, -0.2) is 15.0 Å². The van der Waals surface area contributed by atoms with Crippen molar-refractivity contribution in [1.82, 2.24) is 20.3 Å². The van der Waals surface area contributed by atoms with Crippen molar-refractivity contribution in [3.05, 3.63) is 36.3 Å². The molecule has 0 aromatic carbocycles. The second-order valence-electron chi connectivity index (χ2n) is 6.46. The monoisotopic (exact) mass is 328 g/mol. The van der Waals surface area contributed by atoms with Crippen molar-refractivity contribution in [3.63, 3.8) is 0 Å². The van der Waals surface area contributed by atoms with Gasteiger partial charge in [-0.15, -0.1) is 0 Å². The van der Waals surface area contributed by atoms with Gasteiger partial charge in [-0.2, -0.15) is 0 Å². The Kier molecular flexibility index (Phi) is 5.68. The Morgan fingerprint density at radius 2 is 1.83 bits per heavy atom. The van der Waals surface area contributed by atoms with Gasteiger partial charge in [-0.3, -0.25) is 4.79 Å². The van der Waals surface area contributed by atoms with E-state index in [-0.39, 0.29) is 11.3 Å². The minimum absolute atomic E-state index is 0.0284. The van der Waals surface area contributed by atoms with Crippen LogP contribution in [0.3, 0.4) is 0 Å². The van der Waals surface area contributed by atoms with Crippen LogP contribution in [0.25, 0.3) is 0 Å². The van der Waals surface area contributed by atoms with Gasteiger partial charge in [0, 0.05) is 30.8 Å². The van der Waals surface area contributed by atoms with Gasteiger partial charge in [0.1, 0.15) is 23.3 Å². The summed E-state index contributed by atoms with van der Waals surface area (Å²) in [5, 5.41) is 9.23. The van der Waals surface area contributed by atoms with E-state index in [0.717, 1.165) is 5.82 Å². The number of carbonyl (C=O) groups is 1. The standard InChI is InChI=1S/C17H24N6O/c1-12-21-14(19-9-10-20-16(24)17(2,3)4)11-15(22-12)23-13-7-5-6-8-18-13/h5-8,11H,9-10H2,1-4H3,(H,20,24)(H2,18,19,21,22,23). The Balaban J connectivity index is 1.90. The lowest BCUT2D eigenvalue weighted by molar-refractivity contribution is -0.128. The molecule has 128 valence electrons. The lowest BCUT2D eigenvalue weighted by Gasteiger charge is -2.17. The van der Waals surface area contributed by atoms with Crippen LogP contribution < -0.4 is 16.0 Å². The number of aromatic nitrogens is 3. The molecule has 0 bridgehead atoms. The molecule has 0 aliphatic carbocycles. The molecule has 3 N–H and O–H groups in total. The van der Waals surface area contributed by atoms with E-state index in [0.29, 0.717) is 30.5 Å². The molecule has 0 aliphatic heterocycles. The van der Waals surface area contributed by atoms with Crippen molar-refractivity contribution in [3.8, 4) is 0 Å². The Labute approximate surface area is 142 Å². The number of nitrogens with one attached hydrogen (secondary N) is 3. The molecule has 0 saturated heterocycles. The number of amides is 1. The predicted octanol–water partition coefficient (Wildman–Crippen LogP) is 2.50. The van der Waals surface area contributed by atoms with Crippen molar-refractivity contribution in [1.29, 1.82) is 0 Å². The van der Waals surface area contributed by atoms with Crippen LogP contribution >= 0.6 is 0 Å². The van der Waals surface area contributed by atoms with Gasteiger partial charge in [0.25, 0.3) is 0 Å². The van der Waals surface area contributed by atoms with Crippen LogP contribution in [0.1, 0.15) is 26.6 Å². The number of aryl methyl sites for hydroxylation is 1. The zero-order valence-electron chi connectivity index (χ0n) is 14.6. The fourth-order valence-corrected chi connectivity index (χ4v) is 1.92. The Hall–Kier alpha value is -2.70. The molecule has 1 amide bonds. The van der Waals surface area contributed by atoms with Crippen molar-refractivity contribution in [2.24, 2.45) is 5.41 Å². The van der Waals surface area contributed by atoms with Gasteiger partial charge in [0.2, 0.25) is 5.91 Å². The van der Waals surface area contributed by atoms with Crippen LogP contribution in [0.4, 0.5) is 17.5 Å². The molecule has 2 aromatic heterocycles. The molecule has 24 heavy (non-hydrogen) atoms. The zero-order chi connectivity index (χ0) is 17.6. The van der Waals surface area contributed by atoms with Crippen LogP contribution in [0, 0.1) is 12.3 Å². The van der Waals surface area contributed by atoms with Crippen molar-refractivity contribution < 1.29 is 4.79 Å². The van der Waals surface area contributed by atoms with E-state index in [2.05, 4.69) is 30.9 Å². The van der Waals surface area contributed by atoms with E-state index in [9.17, 15) is 4.79 Å². The number of hydrogen-bond acceptors (Lipinski definition) is 6. The normalized spacial score (nSPS) is 11.0. The highest BCUT2D eigenvalue weighted by Crippen LogP contribution is 2.15. The third-order valence-electron chi connectivity index (χ3n) is 3.16. The first-order chi connectivity index (χ1) is 11.3. The van der Waals surface area contributed by atoms with Gasteiger partial charge >= 0.3 is 0 Å². The van der Waals surface area contributed by atoms with Crippen LogP contribution in [-0.4, -0.2) is 33.9 Å². The highest BCUT2D eigenvalue weighted by atomic mass is 16.2. The summed E-state index contributed by atoms with van der Waals surface area (Å²) in [7, 11) is 0. The topological polar surface area (TPSA) is 91.8 Å². The molecule has 0 unspecified atom stereocenters. The molecule has 7 heteroatoms. The maximum absolute atomic E-state index is 11.8. The Bertz CT molecular complexity index is 681. The second-order valence-corrected chi connectivity index (χ2v) is 6.46. The molecule has 0 fully saturated rings. The van der Waals surface area contributed by atoms with E-state index in [4.69, 9.17) is 0 Å². The number of carbonyl (C=O) groups excluding carboxylic acids is 1. The Morgan fingerprint density at radius 1 is 1.08 bits per heavy atom.